The molecule has 0 bridgehead atoms. The summed E-state index contributed by atoms with van der Waals surface area (Å²) in [6.45, 7) is 1.93. The van der Waals surface area contributed by atoms with Crippen LogP contribution in [0.2, 0.25) is 0 Å². The van der Waals surface area contributed by atoms with Crippen LogP contribution in [-0.2, 0) is 10.4 Å². The van der Waals surface area contributed by atoms with Crippen molar-refractivity contribution < 1.29 is 22.6 Å². The summed E-state index contributed by atoms with van der Waals surface area (Å²) >= 11 is 0. The van der Waals surface area contributed by atoms with Crippen molar-refractivity contribution in [2.75, 3.05) is 6.61 Å². The third-order valence-corrected chi connectivity index (χ3v) is 0. The van der Waals surface area contributed by atoms with Crippen LogP contribution in [0.3, 0.4) is 0 Å². The monoisotopic (exact) mass is 280 g/mol. The van der Waals surface area contributed by atoms with Crippen LogP contribution in [0.4, 0.5) is 0 Å². The largest absolute Gasteiger partial charge is 2.00 e. The van der Waals surface area contributed by atoms with Crippen LogP contribution in [0, 0.1) is 0 Å². The van der Waals surface area contributed by atoms with Gasteiger partial charge in [-0.15, -0.1) is 0 Å². The molecule has 0 aliphatic carbocycles. The molecule has 0 aromatic heterocycles. The van der Waals surface area contributed by atoms with Gasteiger partial charge >= 0.3 is 48.9 Å². The molecule has 0 fully saturated rings. The zero-order valence-corrected chi connectivity index (χ0v) is 10.2. The zero-order valence-electron chi connectivity index (χ0n) is 4.90. The first-order valence-electron chi connectivity index (χ1n) is 1.69. The molecule has 0 spiro atoms. The van der Waals surface area contributed by atoms with Gasteiger partial charge in [0.25, 0.3) is 0 Å². The van der Waals surface area contributed by atoms with Crippen molar-refractivity contribution in [1.82, 2.24) is 0 Å². The minimum atomic E-state index is -5.17. The molecule has 52 valence electrons. The smallest absolute Gasteiger partial charge is 0.759 e. The molecule has 0 saturated carbocycles. The second kappa shape index (κ2) is 9.40. The summed E-state index contributed by atoms with van der Waals surface area (Å²) in [5.41, 5.74) is 0. The molecule has 5 nitrogen and oxygen atoms in total. The zero-order chi connectivity index (χ0) is 7.21. The van der Waals surface area contributed by atoms with E-state index in [-0.39, 0.29) is 55.5 Å². The summed E-state index contributed by atoms with van der Waals surface area (Å²) in [6.07, 6.45) is 0. The molecule has 0 radical (unpaired) electrons. The fourth-order valence-corrected chi connectivity index (χ4v) is 0. The van der Waals surface area contributed by atoms with Gasteiger partial charge in [-0.3, -0.25) is 8.42 Å². The number of aliphatic hydroxyl groups is 1. The van der Waals surface area contributed by atoms with E-state index in [0.29, 0.717) is 0 Å². The van der Waals surface area contributed by atoms with Gasteiger partial charge in [-0.05, 0) is 6.92 Å². The van der Waals surface area contributed by atoms with Crippen LogP contribution in [0.25, 0.3) is 0 Å². The summed E-state index contributed by atoms with van der Waals surface area (Å²) in [7, 11) is -5.17. The topological polar surface area (TPSA) is 100 Å². The molecule has 0 aromatic rings. The fraction of sp³-hybridized carbons (Fsp3) is 1.00. The molecule has 0 heterocycles. The second-order valence-corrected chi connectivity index (χ2v) is 1.54. The van der Waals surface area contributed by atoms with Gasteiger partial charge in [0.15, 0.2) is 0 Å². The number of aliphatic hydroxyl groups excluding tert-OH is 1. The summed E-state index contributed by atoms with van der Waals surface area (Å²) in [4.78, 5) is 0. The average molecular weight is 279 g/mol. The SMILES string of the molecule is CCO.O=S(=O)([O-])[O-].[Ba+2]. The Morgan fingerprint density at radius 1 is 1.44 bits per heavy atom. The van der Waals surface area contributed by atoms with Crippen molar-refractivity contribution in [3.05, 3.63) is 0 Å². The minimum Gasteiger partial charge on any atom is -0.759 e. The molecule has 7 heteroatoms. The molecule has 0 saturated heterocycles. The Balaban J connectivity index is -0.0000000800. The molecule has 0 unspecified atom stereocenters. The Labute approximate surface area is 94.1 Å². The van der Waals surface area contributed by atoms with E-state index in [0.717, 1.165) is 0 Å². The van der Waals surface area contributed by atoms with Crippen LogP contribution in [-0.4, -0.2) is 78.1 Å². The summed E-state index contributed by atoms with van der Waals surface area (Å²) in [6, 6.07) is 0. The summed E-state index contributed by atoms with van der Waals surface area (Å²) in [5, 5.41) is 7.57. The van der Waals surface area contributed by atoms with Gasteiger partial charge in [0.05, 0.1) is 0 Å². The molecule has 0 amide bonds. The molecule has 0 rings (SSSR count). The Bertz CT molecular complexity index is 109. The van der Waals surface area contributed by atoms with Crippen molar-refractivity contribution in [2.24, 2.45) is 0 Å². The second-order valence-electron chi connectivity index (χ2n) is 0.724. The van der Waals surface area contributed by atoms with E-state index in [4.69, 9.17) is 22.6 Å². The van der Waals surface area contributed by atoms with Gasteiger partial charge in [0.1, 0.15) is 0 Å². The molecular formula is C2H6BaO5S. The van der Waals surface area contributed by atoms with E-state index in [2.05, 4.69) is 0 Å². The molecule has 0 atom stereocenters. The Morgan fingerprint density at radius 3 is 1.44 bits per heavy atom. The van der Waals surface area contributed by atoms with Crippen molar-refractivity contribution in [3.8, 4) is 0 Å². The van der Waals surface area contributed by atoms with E-state index < -0.39 is 10.4 Å². The van der Waals surface area contributed by atoms with E-state index >= 15 is 0 Å². The number of rotatable bonds is 0. The molecule has 0 aliphatic rings. The first-order chi connectivity index (χ1) is 3.41. The summed E-state index contributed by atoms with van der Waals surface area (Å²) in [5.74, 6) is 0. The standard InChI is InChI=1S/C2H6O.Ba.H2O4S/c1-2-3;;1-5(2,3)4/h3H,2H2,1H3;;(H2,1,2,3,4)/q;+2;/p-2. The van der Waals surface area contributed by atoms with Crippen LogP contribution in [0.1, 0.15) is 6.92 Å². The number of hydrogen-bond acceptors (Lipinski definition) is 5. The maximum absolute atomic E-state index is 8.52. The van der Waals surface area contributed by atoms with Crippen LogP contribution >= 0.6 is 0 Å². The maximum Gasteiger partial charge on any atom is 2.00 e. The molecule has 1 N–H and O–H groups in total. The maximum atomic E-state index is 8.52. The van der Waals surface area contributed by atoms with Crippen molar-refractivity contribution in [2.45, 2.75) is 6.92 Å². The normalized spacial score (nSPS) is 8.44. The van der Waals surface area contributed by atoms with Crippen LogP contribution in [0.15, 0.2) is 0 Å². The Morgan fingerprint density at radius 2 is 1.44 bits per heavy atom. The van der Waals surface area contributed by atoms with Crippen molar-refractivity contribution in [1.29, 1.82) is 0 Å². The van der Waals surface area contributed by atoms with Gasteiger partial charge in [0.2, 0.25) is 0 Å². The van der Waals surface area contributed by atoms with Gasteiger partial charge < -0.3 is 14.2 Å². The first-order valence-corrected chi connectivity index (χ1v) is 3.02. The Kier molecular flexibility index (Phi) is 17.5. The first kappa shape index (κ1) is 16.8. The van der Waals surface area contributed by atoms with E-state index in [1.807, 2.05) is 0 Å². The predicted molar refractivity (Wildman–Crippen MR) is 29.0 cm³/mol. The van der Waals surface area contributed by atoms with E-state index in [1.165, 1.54) is 0 Å². The minimum absolute atomic E-state index is 0. The Hall–Kier alpha value is 1.40. The van der Waals surface area contributed by atoms with Gasteiger partial charge in [-0.25, -0.2) is 0 Å². The third kappa shape index (κ3) is 262. The quantitative estimate of drug-likeness (QED) is 0.323. The molecule has 9 heavy (non-hydrogen) atoms. The average Bonchev–Trinajstić information content (AvgIpc) is 1.27. The summed E-state index contributed by atoms with van der Waals surface area (Å²) < 4.78 is 34.1. The fourth-order valence-electron chi connectivity index (χ4n) is 0. The van der Waals surface area contributed by atoms with E-state index in [9.17, 15) is 0 Å². The van der Waals surface area contributed by atoms with E-state index in [1.54, 1.807) is 6.92 Å². The molecular weight excluding hydrogens is 273 g/mol. The molecule has 0 aromatic carbocycles. The predicted octanol–water partition coefficient (Wildman–Crippen LogP) is -1.72. The van der Waals surface area contributed by atoms with Gasteiger partial charge in [0, 0.05) is 17.0 Å². The number of hydrogen-bond donors (Lipinski definition) is 1. The van der Waals surface area contributed by atoms with Crippen molar-refractivity contribution >= 4 is 59.3 Å². The van der Waals surface area contributed by atoms with Crippen LogP contribution in [0.5, 0.6) is 0 Å². The van der Waals surface area contributed by atoms with Gasteiger partial charge in [-0.1, -0.05) is 0 Å². The molecule has 0 aliphatic heterocycles. The third-order valence-electron chi connectivity index (χ3n) is 0. The van der Waals surface area contributed by atoms with Crippen molar-refractivity contribution in [3.63, 3.8) is 0 Å². The van der Waals surface area contributed by atoms with Crippen LogP contribution < -0.4 is 0 Å². The van der Waals surface area contributed by atoms with Gasteiger partial charge in [-0.2, -0.15) is 0 Å².